The molecular formula is C18H20N2O6. The SMILES string of the molecule is COC(=O)/C(=C\c1ccc(/C=C(/NC(C)=O)C(=O)OC)cc1)NC(C)=O. The first kappa shape index (κ1) is 20.6. The van der Waals surface area contributed by atoms with Gasteiger partial charge in [-0.25, -0.2) is 9.59 Å². The van der Waals surface area contributed by atoms with Crippen LogP contribution in [0.3, 0.4) is 0 Å². The Hall–Kier alpha value is -3.42. The second-order valence-electron chi connectivity index (χ2n) is 5.13. The van der Waals surface area contributed by atoms with E-state index in [4.69, 9.17) is 0 Å². The quantitative estimate of drug-likeness (QED) is 0.578. The van der Waals surface area contributed by atoms with Crippen LogP contribution in [0, 0.1) is 0 Å². The van der Waals surface area contributed by atoms with E-state index >= 15 is 0 Å². The van der Waals surface area contributed by atoms with Crippen LogP contribution in [-0.4, -0.2) is 38.0 Å². The first-order chi connectivity index (χ1) is 12.3. The molecule has 0 aliphatic rings. The zero-order chi connectivity index (χ0) is 19.7. The minimum atomic E-state index is -0.678. The molecule has 0 aliphatic heterocycles. The van der Waals surface area contributed by atoms with Crippen LogP contribution in [0.25, 0.3) is 12.2 Å². The van der Waals surface area contributed by atoms with E-state index in [1.807, 2.05) is 0 Å². The van der Waals surface area contributed by atoms with E-state index in [9.17, 15) is 19.2 Å². The van der Waals surface area contributed by atoms with Gasteiger partial charge >= 0.3 is 11.9 Å². The fraction of sp³-hybridized carbons (Fsp3) is 0.222. The maximum atomic E-state index is 11.7. The number of ether oxygens (including phenoxy) is 2. The van der Waals surface area contributed by atoms with Gasteiger partial charge in [-0.05, 0) is 23.3 Å². The van der Waals surface area contributed by atoms with Crippen molar-refractivity contribution in [3.63, 3.8) is 0 Å². The number of amides is 2. The fourth-order valence-corrected chi connectivity index (χ4v) is 1.91. The van der Waals surface area contributed by atoms with Gasteiger partial charge in [-0.2, -0.15) is 0 Å². The molecule has 0 aliphatic carbocycles. The Morgan fingerprint density at radius 3 is 1.27 bits per heavy atom. The number of carbonyl (C=O) groups excluding carboxylic acids is 4. The molecule has 0 spiro atoms. The Balaban J connectivity index is 3.12. The molecule has 138 valence electrons. The van der Waals surface area contributed by atoms with E-state index in [1.54, 1.807) is 24.3 Å². The van der Waals surface area contributed by atoms with Gasteiger partial charge in [-0.3, -0.25) is 9.59 Å². The molecule has 0 unspecified atom stereocenters. The van der Waals surface area contributed by atoms with Crippen LogP contribution in [0.2, 0.25) is 0 Å². The molecule has 0 aromatic heterocycles. The van der Waals surface area contributed by atoms with Gasteiger partial charge in [-0.15, -0.1) is 0 Å². The molecule has 2 amide bonds. The molecule has 1 aromatic rings. The molecular weight excluding hydrogens is 340 g/mol. The number of esters is 2. The summed E-state index contributed by atoms with van der Waals surface area (Å²) in [7, 11) is 2.42. The molecule has 8 nitrogen and oxygen atoms in total. The van der Waals surface area contributed by atoms with Crippen molar-refractivity contribution >= 4 is 35.9 Å². The van der Waals surface area contributed by atoms with Crippen molar-refractivity contribution in [3.8, 4) is 0 Å². The molecule has 0 saturated heterocycles. The van der Waals surface area contributed by atoms with Crippen LogP contribution < -0.4 is 10.6 Å². The lowest BCUT2D eigenvalue weighted by Gasteiger charge is -2.07. The number of carbonyl (C=O) groups is 4. The van der Waals surface area contributed by atoms with Crippen molar-refractivity contribution in [1.29, 1.82) is 0 Å². The predicted octanol–water partition coefficient (Wildman–Crippen LogP) is 0.987. The zero-order valence-corrected chi connectivity index (χ0v) is 14.9. The van der Waals surface area contributed by atoms with E-state index in [-0.39, 0.29) is 11.4 Å². The van der Waals surface area contributed by atoms with Gasteiger partial charge in [0.25, 0.3) is 0 Å². The Morgan fingerprint density at radius 2 is 1.04 bits per heavy atom. The van der Waals surface area contributed by atoms with Crippen LogP contribution in [0.4, 0.5) is 0 Å². The fourth-order valence-electron chi connectivity index (χ4n) is 1.91. The third-order valence-electron chi connectivity index (χ3n) is 2.99. The number of benzene rings is 1. The highest BCUT2D eigenvalue weighted by Crippen LogP contribution is 2.12. The van der Waals surface area contributed by atoms with Crippen molar-refractivity contribution in [3.05, 3.63) is 46.8 Å². The first-order valence-electron chi connectivity index (χ1n) is 7.52. The van der Waals surface area contributed by atoms with Crippen LogP contribution >= 0.6 is 0 Å². The average molecular weight is 360 g/mol. The second-order valence-corrected chi connectivity index (χ2v) is 5.13. The number of methoxy groups -OCH3 is 2. The van der Waals surface area contributed by atoms with Crippen LogP contribution in [0.15, 0.2) is 35.7 Å². The maximum absolute atomic E-state index is 11.7. The lowest BCUT2D eigenvalue weighted by atomic mass is 10.1. The van der Waals surface area contributed by atoms with Gasteiger partial charge in [0, 0.05) is 13.8 Å². The van der Waals surface area contributed by atoms with Gasteiger partial charge < -0.3 is 20.1 Å². The number of nitrogens with one attached hydrogen (secondary N) is 2. The summed E-state index contributed by atoms with van der Waals surface area (Å²) in [6, 6.07) is 6.66. The molecule has 1 aromatic carbocycles. The standard InChI is InChI=1S/C18H20N2O6/c1-11(21)19-15(17(23)25-3)9-13-5-7-14(8-6-13)10-16(18(24)26-4)20-12(2)22/h5-10H,1-4H3,(H,19,21)(H,20,22)/b15-9+,16-10+. The molecule has 0 atom stereocenters. The summed E-state index contributed by atoms with van der Waals surface area (Å²) in [4.78, 5) is 45.7. The summed E-state index contributed by atoms with van der Waals surface area (Å²) < 4.78 is 9.23. The Bertz CT molecular complexity index is 697. The highest BCUT2D eigenvalue weighted by Gasteiger charge is 2.12. The third kappa shape index (κ3) is 6.60. The molecule has 1 rings (SSSR count). The Kier molecular flexibility index (Phi) is 7.75. The van der Waals surface area contributed by atoms with Crippen LogP contribution in [0.5, 0.6) is 0 Å². The number of rotatable bonds is 6. The zero-order valence-electron chi connectivity index (χ0n) is 14.9. The van der Waals surface area contributed by atoms with Crippen molar-refractivity contribution < 1.29 is 28.7 Å². The Morgan fingerprint density at radius 1 is 0.731 bits per heavy atom. The van der Waals surface area contributed by atoms with E-state index in [0.29, 0.717) is 11.1 Å². The van der Waals surface area contributed by atoms with E-state index in [0.717, 1.165) is 0 Å². The topological polar surface area (TPSA) is 111 Å². The highest BCUT2D eigenvalue weighted by molar-refractivity contribution is 5.98. The number of hydrogen-bond acceptors (Lipinski definition) is 6. The molecule has 0 radical (unpaired) electrons. The minimum Gasteiger partial charge on any atom is -0.464 e. The van der Waals surface area contributed by atoms with Gasteiger partial charge in [0.05, 0.1) is 14.2 Å². The molecule has 0 heterocycles. The summed E-state index contributed by atoms with van der Waals surface area (Å²) in [5.41, 5.74) is 1.24. The molecule has 2 N–H and O–H groups in total. The predicted molar refractivity (Wildman–Crippen MR) is 94.1 cm³/mol. The lowest BCUT2D eigenvalue weighted by molar-refractivity contribution is -0.138. The van der Waals surface area contributed by atoms with E-state index in [2.05, 4.69) is 20.1 Å². The minimum absolute atomic E-state index is 0.00297. The lowest BCUT2D eigenvalue weighted by Crippen LogP contribution is -2.25. The van der Waals surface area contributed by atoms with Gasteiger partial charge in [0.1, 0.15) is 11.4 Å². The summed E-state index contributed by atoms with van der Waals surface area (Å²) in [5.74, 6) is -2.16. The highest BCUT2D eigenvalue weighted by atomic mass is 16.5. The third-order valence-corrected chi connectivity index (χ3v) is 2.99. The summed E-state index contributed by atoms with van der Waals surface area (Å²) in [5, 5.41) is 4.79. The molecule has 8 heteroatoms. The monoisotopic (exact) mass is 360 g/mol. The second kappa shape index (κ2) is 9.77. The van der Waals surface area contributed by atoms with Crippen LogP contribution in [0.1, 0.15) is 25.0 Å². The maximum Gasteiger partial charge on any atom is 0.354 e. The average Bonchev–Trinajstić information content (AvgIpc) is 2.59. The number of hydrogen-bond donors (Lipinski definition) is 2. The Labute approximate surface area is 150 Å². The van der Waals surface area contributed by atoms with Gasteiger partial charge in [-0.1, -0.05) is 24.3 Å². The molecule has 0 fully saturated rings. The normalized spacial score (nSPS) is 11.4. The van der Waals surface area contributed by atoms with Crippen molar-refractivity contribution in [2.45, 2.75) is 13.8 Å². The van der Waals surface area contributed by atoms with Crippen molar-refractivity contribution in [2.75, 3.05) is 14.2 Å². The van der Waals surface area contributed by atoms with Gasteiger partial charge in [0.15, 0.2) is 0 Å². The van der Waals surface area contributed by atoms with E-state index < -0.39 is 23.8 Å². The molecule has 0 bridgehead atoms. The summed E-state index contributed by atoms with van der Waals surface area (Å²) in [6.45, 7) is 2.56. The summed E-state index contributed by atoms with van der Waals surface area (Å²) in [6.07, 6.45) is 2.91. The van der Waals surface area contributed by atoms with Crippen molar-refractivity contribution in [1.82, 2.24) is 10.6 Å². The van der Waals surface area contributed by atoms with Crippen molar-refractivity contribution in [2.24, 2.45) is 0 Å². The largest absolute Gasteiger partial charge is 0.464 e. The smallest absolute Gasteiger partial charge is 0.354 e. The molecule has 26 heavy (non-hydrogen) atoms. The van der Waals surface area contributed by atoms with Gasteiger partial charge in [0.2, 0.25) is 11.8 Å². The first-order valence-corrected chi connectivity index (χ1v) is 7.52. The molecule has 0 saturated carbocycles. The van der Waals surface area contributed by atoms with Crippen LogP contribution in [-0.2, 0) is 28.7 Å². The summed E-state index contributed by atoms with van der Waals surface area (Å²) >= 11 is 0. The van der Waals surface area contributed by atoms with E-state index in [1.165, 1.54) is 40.2 Å².